The van der Waals surface area contributed by atoms with Gasteiger partial charge in [0.15, 0.2) is 0 Å². The van der Waals surface area contributed by atoms with E-state index in [0.29, 0.717) is 6.54 Å². The van der Waals surface area contributed by atoms with Crippen molar-refractivity contribution in [1.29, 1.82) is 0 Å². The largest absolute Gasteiger partial charge is 0.392 e. The first-order chi connectivity index (χ1) is 5.06. The molecule has 0 aromatic carbocycles. The molecule has 5 heteroatoms. The zero-order valence-electron chi connectivity index (χ0n) is 6.39. The monoisotopic (exact) mass is 182 g/mol. The Balaban J connectivity index is 3.66. The summed E-state index contributed by atoms with van der Waals surface area (Å²) >= 11 is 4.58. The molecule has 2 nitrogen and oxygen atoms in total. The minimum atomic E-state index is -2.32. The molecule has 0 radical (unpaired) electrons. The number of nitrogens with zero attached hydrogens (tertiary/aromatic N) is 1. The van der Waals surface area contributed by atoms with Crippen molar-refractivity contribution in [3.63, 3.8) is 0 Å². The van der Waals surface area contributed by atoms with E-state index in [0.717, 1.165) is 0 Å². The molecule has 0 aliphatic carbocycles. The lowest BCUT2D eigenvalue weighted by molar-refractivity contribution is 0.0982. The summed E-state index contributed by atoms with van der Waals surface area (Å²) in [6, 6.07) is 0. The molecular formula is C6H12F2N2S. The highest BCUT2D eigenvalue weighted by atomic mass is 32.1. The van der Waals surface area contributed by atoms with E-state index in [-0.39, 0.29) is 18.1 Å². The predicted molar refractivity (Wildman–Crippen MR) is 44.9 cm³/mol. The molecule has 0 fully saturated rings. The van der Waals surface area contributed by atoms with E-state index in [1.54, 1.807) is 6.92 Å². The highest BCUT2D eigenvalue weighted by Gasteiger charge is 2.10. The maximum Gasteiger partial charge on any atom is 0.251 e. The number of halogens is 2. The lowest BCUT2D eigenvalue weighted by Gasteiger charge is -2.18. The van der Waals surface area contributed by atoms with E-state index < -0.39 is 6.43 Å². The van der Waals surface area contributed by atoms with E-state index in [1.807, 2.05) is 0 Å². The third kappa shape index (κ3) is 6.12. The van der Waals surface area contributed by atoms with Crippen molar-refractivity contribution in [3.8, 4) is 0 Å². The molecule has 0 atom stereocenters. The quantitative estimate of drug-likeness (QED) is 0.639. The van der Waals surface area contributed by atoms with Gasteiger partial charge in [0.25, 0.3) is 6.43 Å². The summed E-state index contributed by atoms with van der Waals surface area (Å²) in [5.74, 6) is 0. The molecule has 0 saturated heterocycles. The van der Waals surface area contributed by atoms with Gasteiger partial charge in [-0.1, -0.05) is 19.1 Å². The van der Waals surface area contributed by atoms with Gasteiger partial charge in [0, 0.05) is 6.54 Å². The second kappa shape index (κ2) is 5.37. The summed E-state index contributed by atoms with van der Waals surface area (Å²) in [6.45, 7) is 2.35. The third-order valence-electron chi connectivity index (χ3n) is 1.22. The molecule has 0 unspecified atom stereocenters. The number of rotatable bonds is 5. The van der Waals surface area contributed by atoms with Crippen LogP contribution in [0.5, 0.6) is 0 Å². The Labute approximate surface area is 70.4 Å². The van der Waals surface area contributed by atoms with Crippen molar-refractivity contribution >= 4 is 17.2 Å². The maximum atomic E-state index is 11.8. The molecular weight excluding hydrogens is 170 g/mol. The minimum Gasteiger partial charge on any atom is -0.392 e. The van der Waals surface area contributed by atoms with E-state index in [2.05, 4.69) is 12.2 Å². The second-order valence-corrected chi connectivity index (χ2v) is 2.71. The van der Waals surface area contributed by atoms with Crippen LogP contribution in [0.2, 0.25) is 0 Å². The summed E-state index contributed by atoms with van der Waals surface area (Å²) in [5, 5.41) is 0. The summed E-state index contributed by atoms with van der Waals surface area (Å²) in [5.41, 5.74) is 5.19. The van der Waals surface area contributed by atoms with Gasteiger partial charge in [-0.25, -0.2) is 8.78 Å². The van der Waals surface area contributed by atoms with Gasteiger partial charge in [-0.05, 0) is 6.54 Å². The number of hydrogen-bond acceptors (Lipinski definition) is 2. The van der Waals surface area contributed by atoms with Crippen molar-refractivity contribution in [3.05, 3.63) is 0 Å². The standard InChI is InChI=1S/C6H12F2N2S/c1-2-10(3-5(7)8)4-6(9)11/h5H,2-4H2,1H3,(H2,9,11). The van der Waals surface area contributed by atoms with Gasteiger partial charge >= 0.3 is 0 Å². The van der Waals surface area contributed by atoms with Crippen LogP contribution >= 0.6 is 12.2 Å². The summed E-state index contributed by atoms with van der Waals surface area (Å²) in [7, 11) is 0. The molecule has 0 heterocycles. The normalized spacial score (nSPS) is 11.0. The van der Waals surface area contributed by atoms with E-state index in [4.69, 9.17) is 5.73 Å². The van der Waals surface area contributed by atoms with Gasteiger partial charge in [0.2, 0.25) is 0 Å². The molecule has 11 heavy (non-hydrogen) atoms. The Bertz CT molecular complexity index is 130. The van der Waals surface area contributed by atoms with Crippen molar-refractivity contribution in [1.82, 2.24) is 4.90 Å². The fourth-order valence-corrected chi connectivity index (χ4v) is 0.904. The van der Waals surface area contributed by atoms with Crippen LogP contribution in [-0.2, 0) is 0 Å². The first-order valence-electron chi connectivity index (χ1n) is 3.35. The Kier molecular flexibility index (Phi) is 5.23. The van der Waals surface area contributed by atoms with Crippen LogP contribution in [0.15, 0.2) is 0 Å². The average Bonchev–Trinajstić information content (AvgIpc) is 1.84. The van der Waals surface area contributed by atoms with Crippen LogP contribution in [0.4, 0.5) is 8.78 Å². The fraction of sp³-hybridized carbons (Fsp3) is 0.833. The average molecular weight is 182 g/mol. The van der Waals surface area contributed by atoms with Crippen LogP contribution in [0, 0.1) is 0 Å². The number of hydrogen-bond donors (Lipinski definition) is 1. The van der Waals surface area contributed by atoms with Crippen molar-refractivity contribution in [2.24, 2.45) is 5.73 Å². The van der Waals surface area contributed by atoms with Gasteiger partial charge in [-0.2, -0.15) is 0 Å². The molecule has 0 bridgehead atoms. The van der Waals surface area contributed by atoms with E-state index in [1.165, 1.54) is 4.90 Å². The molecule has 66 valence electrons. The van der Waals surface area contributed by atoms with Crippen molar-refractivity contribution in [2.45, 2.75) is 13.3 Å². The Morgan fingerprint density at radius 2 is 2.18 bits per heavy atom. The van der Waals surface area contributed by atoms with Gasteiger partial charge in [0.05, 0.1) is 11.5 Å². The topological polar surface area (TPSA) is 29.3 Å². The molecule has 0 amide bonds. The first-order valence-corrected chi connectivity index (χ1v) is 3.76. The Hall–Kier alpha value is -0.290. The van der Waals surface area contributed by atoms with E-state index >= 15 is 0 Å². The lowest BCUT2D eigenvalue weighted by Crippen LogP contribution is -2.35. The fourth-order valence-electron chi connectivity index (χ4n) is 0.721. The molecule has 0 spiro atoms. The zero-order chi connectivity index (χ0) is 8.85. The SMILES string of the molecule is CCN(CC(N)=S)CC(F)F. The zero-order valence-corrected chi connectivity index (χ0v) is 7.20. The molecule has 0 aliphatic rings. The minimum absolute atomic E-state index is 0.256. The molecule has 0 aromatic heterocycles. The number of likely N-dealkylation sites (N-methyl/N-ethyl adjacent to an activating group) is 1. The number of alkyl halides is 2. The first kappa shape index (κ1) is 10.7. The Morgan fingerprint density at radius 3 is 2.45 bits per heavy atom. The molecule has 0 saturated carbocycles. The molecule has 0 aliphatic heterocycles. The summed E-state index contributed by atoms with van der Waals surface area (Å²) < 4.78 is 23.6. The van der Waals surface area contributed by atoms with Crippen molar-refractivity contribution in [2.75, 3.05) is 19.6 Å². The van der Waals surface area contributed by atoms with Crippen LogP contribution in [0.3, 0.4) is 0 Å². The number of thiocarbonyl (C=S) groups is 1. The van der Waals surface area contributed by atoms with Gasteiger partial charge in [0.1, 0.15) is 0 Å². The number of nitrogens with two attached hydrogens (primary N) is 1. The lowest BCUT2D eigenvalue weighted by atomic mass is 10.4. The predicted octanol–water partition coefficient (Wildman–Crippen LogP) is 0.860. The second-order valence-electron chi connectivity index (χ2n) is 2.19. The smallest absolute Gasteiger partial charge is 0.251 e. The Morgan fingerprint density at radius 1 is 1.64 bits per heavy atom. The molecule has 0 rings (SSSR count). The highest BCUT2D eigenvalue weighted by Crippen LogP contribution is 1.97. The van der Waals surface area contributed by atoms with Crippen LogP contribution in [0.25, 0.3) is 0 Å². The van der Waals surface area contributed by atoms with Gasteiger partial charge in [-0.15, -0.1) is 0 Å². The molecule has 0 aromatic rings. The van der Waals surface area contributed by atoms with Gasteiger partial charge < -0.3 is 5.73 Å². The van der Waals surface area contributed by atoms with Crippen LogP contribution in [-0.4, -0.2) is 35.9 Å². The molecule has 2 N–H and O–H groups in total. The van der Waals surface area contributed by atoms with Crippen LogP contribution < -0.4 is 5.73 Å². The summed E-state index contributed by atoms with van der Waals surface area (Å²) in [4.78, 5) is 1.76. The van der Waals surface area contributed by atoms with Crippen molar-refractivity contribution < 1.29 is 8.78 Å². The van der Waals surface area contributed by atoms with E-state index in [9.17, 15) is 8.78 Å². The van der Waals surface area contributed by atoms with Gasteiger partial charge in [-0.3, -0.25) is 4.90 Å². The highest BCUT2D eigenvalue weighted by molar-refractivity contribution is 7.80. The summed E-state index contributed by atoms with van der Waals surface area (Å²) in [6.07, 6.45) is -2.32. The third-order valence-corrected chi connectivity index (χ3v) is 1.35. The van der Waals surface area contributed by atoms with Crippen LogP contribution in [0.1, 0.15) is 6.92 Å². The maximum absolute atomic E-state index is 11.8.